The van der Waals surface area contributed by atoms with E-state index in [0.29, 0.717) is 13.0 Å². The zero-order valence-electron chi connectivity index (χ0n) is 15.2. The van der Waals surface area contributed by atoms with Crippen LogP contribution in [0.3, 0.4) is 0 Å². The SMILES string of the molecule is COc1ccc(S(=O)(=O)NC2CCOC2)cc1C(=O)Nc1c(F)ccc(Cl)c1F. The fraction of sp³-hybridized carbons (Fsp3) is 0.278. The summed E-state index contributed by atoms with van der Waals surface area (Å²) in [6.07, 6.45) is 0.524. The molecule has 2 aromatic carbocycles. The Morgan fingerprint density at radius 1 is 1.28 bits per heavy atom. The van der Waals surface area contributed by atoms with Crippen molar-refractivity contribution in [3.63, 3.8) is 0 Å². The van der Waals surface area contributed by atoms with Crippen molar-refractivity contribution in [2.45, 2.75) is 17.4 Å². The lowest BCUT2D eigenvalue weighted by molar-refractivity contribution is 0.102. The fourth-order valence-corrected chi connectivity index (χ4v) is 4.21. The van der Waals surface area contributed by atoms with Crippen molar-refractivity contribution in [3.05, 3.63) is 52.6 Å². The van der Waals surface area contributed by atoms with Crippen LogP contribution < -0.4 is 14.8 Å². The van der Waals surface area contributed by atoms with Crippen LogP contribution in [0.15, 0.2) is 35.2 Å². The number of carbonyl (C=O) groups is 1. The van der Waals surface area contributed by atoms with Gasteiger partial charge in [0.25, 0.3) is 5.91 Å². The Hall–Kier alpha value is -2.27. The summed E-state index contributed by atoms with van der Waals surface area (Å²) in [7, 11) is -2.68. The van der Waals surface area contributed by atoms with Crippen molar-refractivity contribution in [1.29, 1.82) is 0 Å². The van der Waals surface area contributed by atoms with Gasteiger partial charge in [-0.25, -0.2) is 21.9 Å². The summed E-state index contributed by atoms with van der Waals surface area (Å²) in [5.41, 5.74) is -0.976. The first-order chi connectivity index (χ1) is 13.7. The third-order valence-electron chi connectivity index (χ3n) is 4.26. The van der Waals surface area contributed by atoms with Crippen LogP contribution in [-0.4, -0.2) is 40.7 Å². The van der Waals surface area contributed by atoms with E-state index in [1.807, 2.05) is 0 Å². The molecule has 1 unspecified atom stereocenters. The number of methoxy groups -OCH3 is 1. The molecule has 1 heterocycles. The van der Waals surface area contributed by atoms with Gasteiger partial charge in [-0.3, -0.25) is 4.79 Å². The van der Waals surface area contributed by atoms with Crippen molar-refractivity contribution in [2.24, 2.45) is 0 Å². The number of sulfonamides is 1. The second-order valence-corrected chi connectivity index (χ2v) is 8.34. The fourth-order valence-electron chi connectivity index (χ4n) is 2.77. The van der Waals surface area contributed by atoms with E-state index in [-0.39, 0.29) is 33.9 Å². The van der Waals surface area contributed by atoms with Crippen LogP contribution in [0, 0.1) is 11.6 Å². The summed E-state index contributed by atoms with van der Waals surface area (Å²) >= 11 is 5.62. The highest BCUT2D eigenvalue weighted by molar-refractivity contribution is 7.89. The van der Waals surface area contributed by atoms with Crippen LogP contribution in [0.25, 0.3) is 0 Å². The van der Waals surface area contributed by atoms with Crippen LogP contribution >= 0.6 is 11.6 Å². The van der Waals surface area contributed by atoms with Crippen LogP contribution in [-0.2, 0) is 14.8 Å². The predicted molar refractivity (Wildman–Crippen MR) is 102 cm³/mol. The zero-order valence-corrected chi connectivity index (χ0v) is 16.7. The number of rotatable bonds is 6. The van der Waals surface area contributed by atoms with E-state index >= 15 is 0 Å². The summed E-state index contributed by atoms with van der Waals surface area (Å²) in [4.78, 5) is 12.4. The molecule has 156 valence electrons. The van der Waals surface area contributed by atoms with Crippen LogP contribution in [0.2, 0.25) is 5.02 Å². The van der Waals surface area contributed by atoms with Crippen molar-refractivity contribution >= 4 is 33.2 Å². The smallest absolute Gasteiger partial charge is 0.259 e. The Morgan fingerprint density at radius 3 is 2.69 bits per heavy atom. The molecule has 0 spiro atoms. The van der Waals surface area contributed by atoms with E-state index in [9.17, 15) is 22.0 Å². The lowest BCUT2D eigenvalue weighted by Crippen LogP contribution is -2.35. The third-order valence-corrected chi connectivity index (χ3v) is 6.07. The normalized spacial score (nSPS) is 16.6. The molecule has 0 radical (unpaired) electrons. The number of nitrogens with one attached hydrogen (secondary N) is 2. The minimum atomic E-state index is -3.96. The van der Waals surface area contributed by atoms with Crippen LogP contribution in [0.1, 0.15) is 16.8 Å². The van der Waals surface area contributed by atoms with Crippen LogP contribution in [0.5, 0.6) is 5.75 Å². The number of hydrogen-bond donors (Lipinski definition) is 2. The minimum absolute atomic E-state index is 0.0218. The lowest BCUT2D eigenvalue weighted by atomic mass is 10.1. The molecule has 2 aromatic rings. The summed E-state index contributed by atoms with van der Waals surface area (Å²) in [6, 6.07) is 5.12. The maximum absolute atomic E-state index is 14.1. The first-order valence-corrected chi connectivity index (χ1v) is 10.3. The van der Waals surface area contributed by atoms with Gasteiger partial charge in [-0.05, 0) is 36.8 Å². The van der Waals surface area contributed by atoms with Gasteiger partial charge in [-0.1, -0.05) is 11.6 Å². The number of amides is 1. The van der Waals surface area contributed by atoms with Gasteiger partial charge < -0.3 is 14.8 Å². The topological polar surface area (TPSA) is 93.7 Å². The molecular weight excluding hydrogens is 430 g/mol. The Labute approximate surface area is 171 Å². The summed E-state index contributed by atoms with van der Waals surface area (Å²) in [5, 5.41) is 1.69. The maximum Gasteiger partial charge on any atom is 0.259 e. The van der Waals surface area contributed by atoms with Crippen LogP contribution in [0.4, 0.5) is 14.5 Å². The van der Waals surface area contributed by atoms with Crippen molar-refractivity contribution in [1.82, 2.24) is 4.72 Å². The van der Waals surface area contributed by atoms with E-state index in [0.717, 1.165) is 18.2 Å². The van der Waals surface area contributed by atoms with Crippen molar-refractivity contribution in [2.75, 3.05) is 25.6 Å². The first-order valence-electron chi connectivity index (χ1n) is 8.46. The van der Waals surface area contributed by atoms with Gasteiger partial charge in [0, 0.05) is 12.6 Å². The molecule has 1 saturated heterocycles. The lowest BCUT2D eigenvalue weighted by Gasteiger charge is -2.15. The molecule has 1 aliphatic heterocycles. The molecule has 1 atom stereocenters. The second kappa shape index (κ2) is 8.62. The van der Waals surface area contributed by atoms with E-state index in [1.54, 1.807) is 0 Å². The van der Waals surface area contributed by atoms with Crippen molar-refractivity contribution < 1.29 is 31.5 Å². The molecule has 0 aromatic heterocycles. The molecule has 3 rings (SSSR count). The summed E-state index contributed by atoms with van der Waals surface area (Å²) in [5.74, 6) is -3.13. The van der Waals surface area contributed by atoms with Gasteiger partial charge in [0.15, 0.2) is 5.82 Å². The molecule has 29 heavy (non-hydrogen) atoms. The molecule has 1 amide bonds. The van der Waals surface area contributed by atoms with E-state index < -0.39 is 33.3 Å². The van der Waals surface area contributed by atoms with Gasteiger partial charge in [0.1, 0.15) is 17.3 Å². The van der Waals surface area contributed by atoms with Gasteiger partial charge in [-0.2, -0.15) is 0 Å². The molecule has 0 aliphatic carbocycles. The van der Waals surface area contributed by atoms with Gasteiger partial charge in [0.05, 0.1) is 29.2 Å². The quantitative estimate of drug-likeness (QED) is 0.665. The average molecular weight is 447 g/mol. The molecule has 1 aliphatic rings. The maximum atomic E-state index is 14.1. The second-order valence-electron chi connectivity index (χ2n) is 6.22. The Kier molecular flexibility index (Phi) is 6.37. The molecule has 11 heteroatoms. The van der Waals surface area contributed by atoms with E-state index in [4.69, 9.17) is 21.1 Å². The van der Waals surface area contributed by atoms with E-state index in [1.165, 1.54) is 19.2 Å². The zero-order chi connectivity index (χ0) is 21.2. The first kappa shape index (κ1) is 21.4. The molecule has 2 N–H and O–H groups in total. The number of carbonyl (C=O) groups excluding carboxylic acids is 1. The highest BCUT2D eigenvalue weighted by Gasteiger charge is 2.26. The molecule has 7 nitrogen and oxygen atoms in total. The largest absolute Gasteiger partial charge is 0.496 e. The minimum Gasteiger partial charge on any atom is -0.496 e. The number of benzene rings is 2. The van der Waals surface area contributed by atoms with E-state index in [2.05, 4.69) is 10.0 Å². The molecular formula is C18H17ClF2N2O5S. The third kappa shape index (κ3) is 4.67. The Balaban J connectivity index is 1.93. The molecule has 0 saturated carbocycles. The predicted octanol–water partition coefficient (Wildman–Crippen LogP) is 2.95. The number of ether oxygens (including phenoxy) is 2. The Bertz CT molecular complexity index is 1040. The van der Waals surface area contributed by atoms with Gasteiger partial charge in [0.2, 0.25) is 10.0 Å². The van der Waals surface area contributed by atoms with Crippen molar-refractivity contribution in [3.8, 4) is 5.75 Å². The highest BCUT2D eigenvalue weighted by atomic mass is 35.5. The van der Waals surface area contributed by atoms with Gasteiger partial charge in [-0.15, -0.1) is 0 Å². The number of hydrogen-bond acceptors (Lipinski definition) is 5. The highest BCUT2D eigenvalue weighted by Crippen LogP contribution is 2.28. The van der Waals surface area contributed by atoms with Gasteiger partial charge >= 0.3 is 0 Å². The monoisotopic (exact) mass is 446 g/mol. The standard InChI is InChI=1S/C18H17ClF2N2O5S/c1-27-15-5-2-11(29(25,26)23-10-6-7-28-9-10)8-12(15)18(24)22-17-14(20)4-3-13(19)16(17)21/h2-5,8,10,23H,6-7,9H2,1H3,(H,22,24). The Morgan fingerprint density at radius 2 is 2.03 bits per heavy atom. The summed E-state index contributed by atoms with van der Waals surface area (Å²) in [6.45, 7) is 0.691. The average Bonchev–Trinajstić information content (AvgIpc) is 3.19. The number of halogens is 3. The molecule has 0 bridgehead atoms. The number of anilines is 1. The molecule has 1 fully saturated rings. The summed E-state index contributed by atoms with van der Waals surface area (Å²) < 4.78 is 65.9.